The van der Waals surface area contributed by atoms with Gasteiger partial charge in [0.2, 0.25) is 0 Å². The number of nitrogens with one attached hydrogen (secondary N) is 1. The van der Waals surface area contributed by atoms with Crippen LogP contribution in [0.3, 0.4) is 0 Å². The van der Waals surface area contributed by atoms with Gasteiger partial charge in [-0.05, 0) is 12.3 Å². The average Bonchev–Trinajstić information content (AvgIpc) is 2.30. The zero-order chi connectivity index (χ0) is 13.3. The van der Waals surface area contributed by atoms with Crippen LogP contribution in [0.1, 0.15) is 52.9 Å². The Morgan fingerprint density at radius 3 is 2.29 bits per heavy atom. The van der Waals surface area contributed by atoms with Crippen LogP contribution in [-0.2, 0) is 9.53 Å². The maximum Gasteiger partial charge on any atom is 0.407 e. The molecule has 0 saturated carbocycles. The lowest BCUT2D eigenvalue weighted by Gasteiger charge is -2.20. The summed E-state index contributed by atoms with van der Waals surface area (Å²) in [4.78, 5) is 23.1. The van der Waals surface area contributed by atoms with Crippen LogP contribution in [0.4, 0.5) is 4.79 Å². The lowest BCUT2D eigenvalue weighted by molar-refractivity contribution is -0.122. The molecule has 0 bridgehead atoms. The molecule has 0 aliphatic carbocycles. The van der Waals surface area contributed by atoms with Crippen molar-refractivity contribution in [2.24, 2.45) is 5.92 Å². The molecular formula is C13H25NO3. The highest BCUT2D eigenvalue weighted by molar-refractivity contribution is 5.87. The van der Waals surface area contributed by atoms with Crippen molar-refractivity contribution in [3.63, 3.8) is 0 Å². The molecule has 4 nitrogen and oxygen atoms in total. The molecule has 0 aromatic carbocycles. The smallest absolute Gasteiger partial charge is 0.407 e. The predicted molar refractivity (Wildman–Crippen MR) is 67.9 cm³/mol. The van der Waals surface area contributed by atoms with Crippen molar-refractivity contribution in [3.05, 3.63) is 0 Å². The fraction of sp³-hybridized carbons (Fsp3) is 0.846. The number of carbonyl (C=O) groups excluding carboxylic acids is 2. The second-order valence-corrected chi connectivity index (χ2v) is 4.63. The Morgan fingerprint density at radius 1 is 1.18 bits per heavy atom. The first-order chi connectivity index (χ1) is 8.02. The molecule has 0 spiro atoms. The second kappa shape index (κ2) is 9.02. The molecule has 4 heteroatoms. The van der Waals surface area contributed by atoms with Crippen LogP contribution >= 0.6 is 0 Å². The zero-order valence-corrected chi connectivity index (χ0v) is 11.4. The summed E-state index contributed by atoms with van der Waals surface area (Å²) in [5, 5.41) is 2.60. The number of hydrogen-bond acceptors (Lipinski definition) is 3. The number of amides is 1. The van der Waals surface area contributed by atoms with Crippen molar-refractivity contribution >= 4 is 11.9 Å². The van der Waals surface area contributed by atoms with Crippen LogP contribution in [0, 0.1) is 5.92 Å². The minimum Gasteiger partial charge on any atom is -0.453 e. The molecule has 17 heavy (non-hydrogen) atoms. The molecule has 0 fully saturated rings. The molecule has 100 valence electrons. The molecular weight excluding hydrogens is 218 g/mol. The second-order valence-electron chi connectivity index (χ2n) is 4.63. The molecule has 0 aliphatic rings. The summed E-state index contributed by atoms with van der Waals surface area (Å²) in [5.41, 5.74) is 0. The van der Waals surface area contributed by atoms with Gasteiger partial charge in [-0.3, -0.25) is 4.79 Å². The maximum atomic E-state index is 11.9. The third kappa shape index (κ3) is 6.97. The third-order valence-corrected chi connectivity index (χ3v) is 2.75. The Bertz CT molecular complexity index is 239. The lowest BCUT2D eigenvalue weighted by atomic mass is 9.96. The van der Waals surface area contributed by atoms with Gasteiger partial charge in [-0.15, -0.1) is 0 Å². The topological polar surface area (TPSA) is 55.4 Å². The largest absolute Gasteiger partial charge is 0.453 e. The first kappa shape index (κ1) is 15.9. The minimum absolute atomic E-state index is 0.0905. The number of methoxy groups -OCH3 is 1. The molecule has 0 radical (unpaired) electrons. The van der Waals surface area contributed by atoms with E-state index in [1.54, 1.807) is 0 Å². The van der Waals surface area contributed by atoms with E-state index in [0.29, 0.717) is 6.42 Å². The maximum absolute atomic E-state index is 11.9. The van der Waals surface area contributed by atoms with Gasteiger partial charge in [-0.2, -0.15) is 0 Å². The van der Waals surface area contributed by atoms with E-state index in [2.05, 4.69) is 17.0 Å². The van der Waals surface area contributed by atoms with Crippen LogP contribution in [0.15, 0.2) is 0 Å². The van der Waals surface area contributed by atoms with E-state index in [-0.39, 0.29) is 11.7 Å². The lowest BCUT2D eigenvalue weighted by Crippen LogP contribution is -2.44. The number of hydrogen-bond donors (Lipinski definition) is 1. The van der Waals surface area contributed by atoms with Gasteiger partial charge in [0.1, 0.15) is 0 Å². The van der Waals surface area contributed by atoms with E-state index in [1.165, 1.54) is 7.11 Å². The van der Waals surface area contributed by atoms with Crippen molar-refractivity contribution in [1.29, 1.82) is 0 Å². The fourth-order valence-electron chi connectivity index (χ4n) is 1.69. The van der Waals surface area contributed by atoms with E-state index in [9.17, 15) is 9.59 Å². The van der Waals surface area contributed by atoms with Crippen LogP contribution < -0.4 is 5.32 Å². The van der Waals surface area contributed by atoms with Crippen molar-refractivity contribution in [2.45, 2.75) is 58.9 Å². The molecule has 0 aromatic rings. The number of Topliss-reactive ketones (excluding diaryl/α,β-unsaturated/α-hetero) is 1. The highest BCUT2D eigenvalue weighted by Crippen LogP contribution is 2.10. The van der Waals surface area contributed by atoms with Gasteiger partial charge in [0, 0.05) is 6.42 Å². The highest BCUT2D eigenvalue weighted by Gasteiger charge is 2.23. The van der Waals surface area contributed by atoms with Gasteiger partial charge < -0.3 is 10.1 Å². The summed E-state index contributed by atoms with van der Waals surface area (Å²) in [6.07, 6.45) is 4.29. The van der Waals surface area contributed by atoms with Gasteiger partial charge in [0.05, 0.1) is 13.2 Å². The van der Waals surface area contributed by atoms with Crippen LogP contribution in [0.5, 0.6) is 0 Å². The van der Waals surface area contributed by atoms with Crippen molar-refractivity contribution in [3.8, 4) is 0 Å². The number of rotatable bonds is 8. The van der Waals surface area contributed by atoms with Gasteiger partial charge in [0.15, 0.2) is 5.78 Å². The highest BCUT2D eigenvalue weighted by atomic mass is 16.5. The number of ether oxygens (including phenoxy) is 1. The Balaban J connectivity index is 4.11. The quantitative estimate of drug-likeness (QED) is 0.667. The molecule has 1 amide bonds. The van der Waals surface area contributed by atoms with Crippen LogP contribution in [0.2, 0.25) is 0 Å². The summed E-state index contributed by atoms with van der Waals surface area (Å²) in [5.74, 6) is 0.189. The van der Waals surface area contributed by atoms with Gasteiger partial charge in [-0.1, -0.05) is 40.0 Å². The van der Waals surface area contributed by atoms with Crippen LogP contribution in [-0.4, -0.2) is 25.0 Å². The molecule has 1 atom stereocenters. The molecule has 0 heterocycles. The Kier molecular flexibility index (Phi) is 8.46. The first-order valence-corrected chi connectivity index (χ1v) is 6.40. The van der Waals surface area contributed by atoms with E-state index in [4.69, 9.17) is 0 Å². The molecule has 0 rings (SSSR count). The summed E-state index contributed by atoms with van der Waals surface area (Å²) in [6, 6.07) is -0.427. The summed E-state index contributed by atoms with van der Waals surface area (Å²) in [6.45, 7) is 5.98. The number of ketones is 1. The summed E-state index contributed by atoms with van der Waals surface area (Å²) >= 11 is 0. The summed E-state index contributed by atoms with van der Waals surface area (Å²) < 4.78 is 4.52. The average molecular weight is 243 g/mol. The molecule has 0 aromatic heterocycles. The summed E-state index contributed by atoms with van der Waals surface area (Å²) in [7, 11) is 1.30. The molecule has 1 N–H and O–H groups in total. The molecule has 0 saturated heterocycles. The molecule has 0 aliphatic heterocycles. The molecule has 0 unspecified atom stereocenters. The monoisotopic (exact) mass is 243 g/mol. The van der Waals surface area contributed by atoms with E-state index < -0.39 is 12.1 Å². The minimum atomic E-state index is -0.536. The Morgan fingerprint density at radius 2 is 1.82 bits per heavy atom. The first-order valence-electron chi connectivity index (χ1n) is 6.40. The van der Waals surface area contributed by atoms with Crippen LogP contribution in [0.25, 0.3) is 0 Å². The predicted octanol–water partition coefficient (Wildman–Crippen LogP) is 2.91. The van der Waals surface area contributed by atoms with Crippen molar-refractivity contribution in [2.75, 3.05) is 7.11 Å². The van der Waals surface area contributed by atoms with E-state index >= 15 is 0 Å². The SMILES string of the molecule is CCCCCCC(=O)[C@@H](NC(=O)OC)C(C)C. The normalized spacial score (nSPS) is 12.3. The van der Waals surface area contributed by atoms with Crippen molar-refractivity contribution < 1.29 is 14.3 Å². The number of alkyl carbamates (subject to hydrolysis) is 1. The fourth-order valence-corrected chi connectivity index (χ4v) is 1.69. The van der Waals surface area contributed by atoms with Gasteiger partial charge >= 0.3 is 6.09 Å². The standard InChI is InChI=1S/C13H25NO3/c1-5-6-7-8-9-11(15)12(10(2)3)14-13(16)17-4/h10,12H,5-9H2,1-4H3,(H,14,16)/t12-/m0/s1. The third-order valence-electron chi connectivity index (χ3n) is 2.75. The zero-order valence-electron chi connectivity index (χ0n) is 11.4. The Hall–Kier alpha value is -1.06. The van der Waals surface area contributed by atoms with Gasteiger partial charge in [0.25, 0.3) is 0 Å². The van der Waals surface area contributed by atoms with Gasteiger partial charge in [-0.25, -0.2) is 4.79 Å². The van der Waals surface area contributed by atoms with E-state index in [1.807, 2.05) is 13.8 Å². The Labute approximate surface area is 104 Å². The number of carbonyl (C=O) groups is 2. The van der Waals surface area contributed by atoms with E-state index in [0.717, 1.165) is 25.7 Å². The number of unbranched alkanes of at least 4 members (excludes halogenated alkanes) is 3. The van der Waals surface area contributed by atoms with Crippen molar-refractivity contribution in [1.82, 2.24) is 5.32 Å².